The third-order valence-electron chi connectivity index (χ3n) is 2.96. The van der Waals surface area contributed by atoms with Crippen LogP contribution in [0.5, 0.6) is 0 Å². The molecule has 2 atom stereocenters. The third kappa shape index (κ3) is 4.15. The minimum Gasteiger partial charge on any atom is -0.459 e. The zero-order valence-corrected chi connectivity index (χ0v) is 11.5. The molecule has 1 heterocycles. The molecular weight excluding hydrogens is 214 g/mol. The second-order valence-electron chi connectivity index (χ2n) is 5.78. The van der Waals surface area contributed by atoms with Gasteiger partial charge in [-0.1, -0.05) is 13.0 Å². The molecule has 1 aliphatic rings. The van der Waals surface area contributed by atoms with Crippen molar-refractivity contribution in [2.75, 3.05) is 13.1 Å². The van der Waals surface area contributed by atoms with E-state index in [0.717, 1.165) is 25.9 Å². The molecule has 0 bridgehead atoms. The molecule has 0 amide bonds. The number of nitrogens with zero attached hydrogens (tertiary/aromatic N) is 1. The zero-order chi connectivity index (χ0) is 13.1. The Balaban J connectivity index is 2.66. The monoisotopic (exact) mass is 239 g/mol. The van der Waals surface area contributed by atoms with Gasteiger partial charge in [0, 0.05) is 6.54 Å². The lowest BCUT2D eigenvalue weighted by atomic mass is 10.1. The molecule has 98 valence electrons. The summed E-state index contributed by atoms with van der Waals surface area (Å²) in [4.78, 5) is 14.3. The maximum Gasteiger partial charge on any atom is 0.323 e. The second-order valence-corrected chi connectivity index (χ2v) is 5.78. The van der Waals surface area contributed by atoms with Crippen LogP contribution in [0.3, 0.4) is 0 Å². The summed E-state index contributed by atoms with van der Waals surface area (Å²) in [6, 6.07) is -0.0859. The molecule has 3 nitrogen and oxygen atoms in total. The van der Waals surface area contributed by atoms with Crippen LogP contribution in [0.1, 0.15) is 40.5 Å². The van der Waals surface area contributed by atoms with Crippen molar-refractivity contribution in [3.05, 3.63) is 12.7 Å². The first-order chi connectivity index (χ1) is 7.87. The van der Waals surface area contributed by atoms with Gasteiger partial charge < -0.3 is 4.74 Å². The van der Waals surface area contributed by atoms with Crippen LogP contribution in [0.2, 0.25) is 0 Å². The summed E-state index contributed by atoms with van der Waals surface area (Å²) < 4.78 is 5.48. The maximum atomic E-state index is 12.1. The van der Waals surface area contributed by atoms with Crippen molar-refractivity contribution in [1.82, 2.24) is 4.90 Å². The van der Waals surface area contributed by atoms with Crippen LogP contribution in [-0.4, -0.2) is 35.6 Å². The Hall–Kier alpha value is -0.830. The van der Waals surface area contributed by atoms with E-state index < -0.39 is 5.60 Å². The molecule has 2 unspecified atom stereocenters. The highest BCUT2D eigenvalue weighted by Gasteiger charge is 2.37. The summed E-state index contributed by atoms with van der Waals surface area (Å²) in [6.45, 7) is 13.6. The zero-order valence-electron chi connectivity index (χ0n) is 11.5. The van der Waals surface area contributed by atoms with Gasteiger partial charge in [-0.05, 0) is 46.1 Å². The van der Waals surface area contributed by atoms with Gasteiger partial charge in [0.15, 0.2) is 0 Å². The molecule has 1 saturated heterocycles. The van der Waals surface area contributed by atoms with Crippen molar-refractivity contribution in [3.63, 3.8) is 0 Å². The molecule has 0 aromatic rings. The van der Waals surface area contributed by atoms with Crippen LogP contribution in [-0.2, 0) is 9.53 Å². The number of carbonyl (C=O) groups excluding carboxylic acids is 1. The van der Waals surface area contributed by atoms with Crippen LogP contribution >= 0.6 is 0 Å². The molecule has 1 aliphatic heterocycles. The first-order valence-electron chi connectivity index (χ1n) is 6.47. The minimum atomic E-state index is -0.402. The Kier molecular flexibility index (Phi) is 4.75. The van der Waals surface area contributed by atoms with Gasteiger partial charge in [-0.25, -0.2) is 0 Å². The molecule has 0 N–H and O–H groups in total. The minimum absolute atomic E-state index is 0.0859. The van der Waals surface area contributed by atoms with Crippen LogP contribution in [0.15, 0.2) is 12.7 Å². The van der Waals surface area contributed by atoms with E-state index in [4.69, 9.17) is 4.74 Å². The summed E-state index contributed by atoms with van der Waals surface area (Å²) in [6.07, 6.45) is 3.86. The Morgan fingerprint density at radius 2 is 2.18 bits per heavy atom. The highest BCUT2D eigenvalue weighted by Crippen LogP contribution is 2.26. The van der Waals surface area contributed by atoms with Crippen molar-refractivity contribution < 1.29 is 9.53 Å². The molecule has 0 aromatic carbocycles. The Morgan fingerprint density at radius 3 is 2.65 bits per heavy atom. The number of esters is 1. The smallest absolute Gasteiger partial charge is 0.323 e. The maximum absolute atomic E-state index is 12.1. The van der Waals surface area contributed by atoms with Crippen molar-refractivity contribution in [1.29, 1.82) is 0 Å². The van der Waals surface area contributed by atoms with Gasteiger partial charge in [0.25, 0.3) is 0 Å². The van der Waals surface area contributed by atoms with Gasteiger partial charge in [0.1, 0.15) is 11.6 Å². The number of carbonyl (C=O) groups is 1. The summed E-state index contributed by atoms with van der Waals surface area (Å²) >= 11 is 0. The molecule has 0 aromatic heterocycles. The van der Waals surface area contributed by atoms with E-state index >= 15 is 0 Å². The predicted molar refractivity (Wildman–Crippen MR) is 69.8 cm³/mol. The second kappa shape index (κ2) is 5.67. The highest BCUT2D eigenvalue weighted by atomic mass is 16.6. The summed E-state index contributed by atoms with van der Waals surface area (Å²) in [7, 11) is 0. The van der Waals surface area contributed by atoms with Crippen molar-refractivity contribution in [3.8, 4) is 0 Å². The van der Waals surface area contributed by atoms with E-state index in [1.165, 1.54) is 0 Å². The van der Waals surface area contributed by atoms with Crippen LogP contribution in [0, 0.1) is 5.92 Å². The Morgan fingerprint density at radius 1 is 1.53 bits per heavy atom. The average Bonchev–Trinajstić information content (AvgIpc) is 2.59. The lowest BCUT2D eigenvalue weighted by Gasteiger charge is -2.26. The van der Waals surface area contributed by atoms with E-state index in [9.17, 15) is 4.79 Å². The lowest BCUT2D eigenvalue weighted by molar-refractivity contribution is -0.160. The highest BCUT2D eigenvalue weighted by molar-refractivity contribution is 5.76. The van der Waals surface area contributed by atoms with Crippen LogP contribution in [0.4, 0.5) is 0 Å². The number of ether oxygens (including phenoxy) is 1. The van der Waals surface area contributed by atoms with Gasteiger partial charge in [0.2, 0.25) is 0 Å². The molecular formula is C14H25NO2. The summed E-state index contributed by atoms with van der Waals surface area (Å²) in [5.74, 6) is 0.328. The fourth-order valence-electron chi connectivity index (χ4n) is 2.26. The number of hydrogen-bond acceptors (Lipinski definition) is 3. The quantitative estimate of drug-likeness (QED) is 0.558. The van der Waals surface area contributed by atoms with Crippen molar-refractivity contribution in [2.24, 2.45) is 5.92 Å². The number of hydrogen-bond donors (Lipinski definition) is 0. The fourth-order valence-corrected chi connectivity index (χ4v) is 2.26. The molecule has 0 saturated carbocycles. The van der Waals surface area contributed by atoms with Crippen molar-refractivity contribution >= 4 is 5.97 Å². The Labute approximate surface area is 105 Å². The fraction of sp³-hybridized carbons (Fsp3) is 0.786. The van der Waals surface area contributed by atoms with E-state index in [2.05, 4.69) is 18.4 Å². The standard InChI is InChI=1S/C14H25NO2/c1-6-8-15-10-11(7-2)9-12(15)13(16)17-14(3,4)5/h7,11-12H,2,6,8-10H2,1,3-5H3. The normalized spacial score (nSPS) is 25.9. The van der Waals surface area contributed by atoms with Crippen molar-refractivity contribution in [2.45, 2.75) is 52.2 Å². The van der Waals surface area contributed by atoms with Gasteiger partial charge in [0.05, 0.1) is 0 Å². The first kappa shape index (κ1) is 14.2. The number of likely N-dealkylation sites (tertiary alicyclic amines) is 1. The molecule has 1 fully saturated rings. The average molecular weight is 239 g/mol. The Bertz CT molecular complexity index is 280. The molecule has 0 aliphatic carbocycles. The van der Waals surface area contributed by atoms with Crippen LogP contribution < -0.4 is 0 Å². The first-order valence-corrected chi connectivity index (χ1v) is 6.47. The summed E-state index contributed by atoms with van der Waals surface area (Å²) in [5, 5.41) is 0. The molecule has 17 heavy (non-hydrogen) atoms. The van der Waals surface area contributed by atoms with Gasteiger partial charge in [-0.3, -0.25) is 9.69 Å². The molecule has 0 spiro atoms. The van der Waals surface area contributed by atoms with E-state index in [1.54, 1.807) is 0 Å². The van der Waals surface area contributed by atoms with E-state index in [-0.39, 0.29) is 12.0 Å². The predicted octanol–water partition coefficient (Wildman–Crippen LogP) is 2.61. The van der Waals surface area contributed by atoms with E-state index in [0.29, 0.717) is 5.92 Å². The van der Waals surface area contributed by atoms with Crippen LogP contribution in [0.25, 0.3) is 0 Å². The lowest BCUT2D eigenvalue weighted by Crippen LogP contribution is -2.40. The molecule has 1 rings (SSSR count). The topological polar surface area (TPSA) is 29.5 Å². The van der Waals surface area contributed by atoms with Gasteiger partial charge in [-0.15, -0.1) is 6.58 Å². The molecule has 0 radical (unpaired) electrons. The third-order valence-corrected chi connectivity index (χ3v) is 2.96. The van der Waals surface area contributed by atoms with Gasteiger partial charge >= 0.3 is 5.97 Å². The molecule has 3 heteroatoms. The number of rotatable bonds is 4. The van der Waals surface area contributed by atoms with E-state index in [1.807, 2.05) is 26.8 Å². The SMILES string of the molecule is C=CC1CC(C(=O)OC(C)(C)C)N(CCC)C1. The van der Waals surface area contributed by atoms with Gasteiger partial charge in [-0.2, -0.15) is 0 Å². The largest absolute Gasteiger partial charge is 0.459 e. The summed E-state index contributed by atoms with van der Waals surface area (Å²) in [5.41, 5.74) is -0.402.